The summed E-state index contributed by atoms with van der Waals surface area (Å²) >= 11 is 0. The van der Waals surface area contributed by atoms with Crippen LogP contribution < -0.4 is 0 Å². The molecule has 0 aromatic heterocycles. The van der Waals surface area contributed by atoms with Gasteiger partial charge in [0.05, 0.1) is 5.56 Å². The maximum Gasteiger partial charge on any atom is 0.336 e. The van der Waals surface area contributed by atoms with Crippen molar-refractivity contribution in [1.82, 2.24) is 0 Å². The molecule has 0 aliphatic carbocycles. The summed E-state index contributed by atoms with van der Waals surface area (Å²) in [6.45, 7) is 0. The Hall–Kier alpha value is -1.51. The highest BCUT2D eigenvalue weighted by atomic mass is 16.4. The average molecular weight is 137 g/mol. The van der Waals surface area contributed by atoms with E-state index in [1.165, 1.54) is 18.2 Å². The highest BCUT2D eigenvalue weighted by Crippen LogP contribution is 2.07. The van der Waals surface area contributed by atoms with Crippen molar-refractivity contribution in [3.8, 4) is 5.75 Å². The zero-order chi connectivity index (χ0) is 7.56. The van der Waals surface area contributed by atoms with Crippen LogP contribution in [0.25, 0.3) is 0 Å². The van der Waals surface area contributed by atoms with Crippen LogP contribution in [0.15, 0.2) is 18.2 Å². The molecule has 0 bridgehead atoms. The van der Waals surface area contributed by atoms with Gasteiger partial charge in [0.1, 0.15) is 5.75 Å². The molecule has 0 aliphatic rings. The molecule has 1 aromatic carbocycles. The number of carboxylic acid groups (broad SMARTS) is 1. The van der Waals surface area contributed by atoms with Gasteiger partial charge in [0.25, 0.3) is 0 Å². The lowest BCUT2D eigenvalue weighted by atomic mass is 10.2. The topological polar surface area (TPSA) is 57.5 Å². The molecule has 1 radical (unpaired) electrons. The van der Waals surface area contributed by atoms with Gasteiger partial charge in [-0.3, -0.25) is 0 Å². The first-order valence-corrected chi connectivity index (χ1v) is 2.64. The number of carboxylic acids is 1. The first kappa shape index (κ1) is 6.61. The van der Waals surface area contributed by atoms with Crippen molar-refractivity contribution in [2.75, 3.05) is 0 Å². The average Bonchev–Trinajstić information content (AvgIpc) is 1.88. The highest BCUT2D eigenvalue weighted by Gasteiger charge is 2.00. The summed E-state index contributed by atoms with van der Waals surface area (Å²) in [4.78, 5) is 10.2. The van der Waals surface area contributed by atoms with Crippen LogP contribution in [0, 0.1) is 6.07 Å². The zero-order valence-electron chi connectivity index (χ0n) is 5.03. The third kappa shape index (κ3) is 1.25. The quantitative estimate of drug-likeness (QED) is 0.604. The Balaban J connectivity index is 3.00. The number of benzene rings is 1. The SMILES string of the molecule is O=C(O)c1[c]cc(O)cc1. The van der Waals surface area contributed by atoms with Crippen LogP contribution in [0.3, 0.4) is 0 Å². The van der Waals surface area contributed by atoms with Crippen LogP contribution in [0.1, 0.15) is 10.4 Å². The number of hydrogen-bond acceptors (Lipinski definition) is 2. The van der Waals surface area contributed by atoms with Crippen LogP contribution in [0.2, 0.25) is 0 Å². The second kappa shape index (κ2) is 2.39. The third-order valence-electron chi connectivity index (χ3n) is 1.03. The predicted molar refractivity (Wildman–Crippen MR) is 33.9 cm³/mol. The van der Waals surface area contributed by atoms with Crippen molar-refractivity contribution in [3.05, 3.63) is 29.8 Å². The molecule has 51 valence electrons. The molecule has 0 unspecified atom stereocenters. The molecule has 3 nitrogen and oxygen atoms in total. The van der Waals surface area contributed by atoms with Crippen molar-refractivity contribution >= 4 is 5.97 Å². The van der Waals surface area contributed by atoms with Crippen LogP contribution in [-0.4, -0.2) is 16.2 Å². The van der Waals surface area contributed by atoms with Gasteiger partial charge < -0.3 is 10.2 Å². The van der Waals surface area contributed by atoms with Gasteiger partial charge in [-0.2, -0.15) is 0 Å². The molecule has 10 heavy (non-hydrogen) atoms. The Kier molecular flexibility index (Phi) is 1.58. The van der Waals surface area contributed by atoms with E-state index >= 15 is 0 Å². The summed E-state index contributed by atoms with van der Waals surface area (Å²) in [5.41, 5.74) is 0.0535. The molecule has 0 aliphatic heterocycles. The predicted octanol–water partition coefficient (Wildman–Crippen LogP) is 0.891. The second-order valence-corrected chi connectivity index (χ2v) is 1.77. The molecule has 0 saturated carbocycles. The van der Waals surface area contributed by atoms with Crippen molar-refractivity contribution in [1.29, 1.82) is 0 Å². The number of aromatic carboxylic acids is 1. The van der Waals surface area contributed by atoms with Crippen LogP contribution >= 0.6 is 0 Å². The van der Waals surface area contributed by atoms with E-state index in [9.17, 15) is 4.79 Å². The summed E-state index contributed by atoms with van der Waals surface area (Å²) in [6, 6.07) is 6.19. The number of aromatic hydroxyl groups is 1. The largest absolute Gasteiger partial charge is 0.508 e. The molecular formula is C7H5O3. The Morgan fingerprint density at radius 3 is 2.60 bits per heavy atom. The number of phenols is 1. The summed E-state index contributed by atoms with van der Waals surface area (Å²) < 4.78 is 0. The fourth-order valence-electron chi connectivity index (χ4n) is 0.550. The summed E-state index contributed by atoms with van der Waals surface area (Å²) in [5.74, 6) is -1.02. The van der Waals surface area contributed by atoms with E-state index in [-0.39, 0.29) is 11.3 Å². The number of phenolic OH excluding ortho intramolecular Hbond substituents is 1. The minimum Gasteiger partial charge on any atom is -0.508 e. The van der Waals surface area contributed by atoms with Crippen LogP contribution in [0.4, 0.5) is 0 Å². The van der Waals surface area contributed by atoms with Crippen molar-refractivity contribution < 1.29 is 15.0 Å². The van der Waals surface area contributed by atoms with E-state index in [1.807, 2.05) is 0 Å². The molecule has 0 spiro atoms. The van der Waals surface area contributed by atoms with Gasteiger partial charge in [-0.15, -0.1) is 0 Å². The Labute approximate surface area is 57.5 Å². The first-order chi connectivity index (χ1) is 4.70. The van der Waals surface area contributed by atoms with E-state index in [0.29, 0.717) is 0 Å². The van der Waals surface area contributed by atoms with Crippen LogP contribution in [0.5, 0.6) is 5.75 Å². The maximum atomic E-state index is 10.2. The fourth-order valence-corrected chi connectivity index (χ4v) is 0.550. The van der Waals surface area contributed by atoms with Gasteiger partial charge in [-0.05, 0) is 18.2 Å². The van der Waals surface area contributed by atoms with E-state index in [2.05, 4.69) is 6.07 Å². The number of hydrogen-bond donors (Lipinski definition) is 2. The maximum absolute atomic E-state index is 10.2. The van der Waals surface area contributed by atoms with Crippen molar-refractivity contribution in [3.63, 3.8) is 0 Å². The molecule has 0 atom stereocenters. The van der Waals surface area contributed by atoms with Gasteiger partial charge in [0.2, 0.25) is 0 Å². The molecular weight excluding hydrogens is 132 g/mol. The standard InChI is InChI=1S/C7H5O3/c8-6-3-1-5(2-4-6)7(9)10/h1,3-4,8H,(H,9,10). The molecule has 0 heterocycles. The molecule has 3 heteroatoms. The summed E-state index contributed by atoms with van der Waals surface area (Å²) in [5, 5.41) is 17.1. The monoisotopic (exact) mass is 137 g/mol. The van der Waals surface area contributed by atoms with Gasteiger partial charge in [-0.1, -0.05) is 0 Å². The molecule has 1 rings (SSSR count). The lowest BCUT2D eigenvalue weighted by molar-refractivity contribution is 0.0696. The summed E-state index contributed by atoms with van der Waals surface area (Å²) in [6.07, 6.45) is 0. The zero-order valence-corrected chi connectivity index (χ0v) is 5.03. The van der Waals surface area contributed by atoms with Crippen LogP contribution in [-0.2, 0) is 0 Å². The summed E-state index contributed by atoms with van der Waals surface area (Å²) in [7, 11) is 0. The van der Waals surface area contributed by atoms with Crippen molar-refractivity contribution in [2.45, 2.75) is 0 Å². The Bertz CT molecular complexity index is 238. The molecule has 1 aromatic rings. The molecule has 0 amide bonds. The first-order valence-electron chi connectivity index (χ1n) is 2.64. The normalized spacial score (nSPS) is 9.20. The smallest absolute Gasteiger partial charge is 0.336 e. The Morgan fingerprint density at radius 2 is 2.20 bits per heavy atom. The molecule has 2 N–H and O–H groups in total. The lowest BCUT2D eigenvalue weighted by Gasteiger charge is -1.91. The van der Waals surface area contributed by atoms with Gasteiger partial charge in [-0.25, -0.2) is 4.79 Å². The Morgan fingerprint density at radius 1 is 1.50 bits per heavy atom. The third-order valence-corrected chi connectivity index (χ3v) is 1.03. The molecule has 0 saturated heterocycles. The second-order valence-electron chi connectivity index (χ2n) is 1.77. The van der Waals surface area contributed by atoms with Gasteiger partial charge >= 0.3 is 5.97 Å². The van der Waals surface area contributed by atoms with E-state index in [0.717, 1.165) is 0 Å². The minimum atomic E-state index is -1.04. The van der Waals surface area contributed by atoms with Gasteiger partial charge in [0.15, 0.2) is 0 Å². The minimum absolute atomic E-state index is 0.0185. The highest BCUT2D eigenvalue weighted by molar-refractivity contribution is 5.87. The fraction of sp³-hybridized carbons (Fsp3) is 0. The van der Waals surface area contributed by atoms with E-state index < -0.39 is 5.97 Å². The molecule has 0 fully saturated rings. The van der Waals surface area contributed by atoms with E-state index in [1.54, 1.807) is 0 Å². The van der Waals surface area contributed by atoms with Gasteiger partial charge in [0, 0.05) is 6.07 Å². The lowest BCUT2D eigenvalue weighted by Crippen LogP contribution is -1.94. The number of rotatable bonds is 1. The van der Waals surface area contributed by atoms with E-state index in [4.69, 9.17) is 10.2 Å². The van der Waals surface area contributed by atoms with Crippen molar-refractivity contribution in [2.24, 2.45) is 0 Å². The number of carbonyl (C=O) groups is 1.